The second-order valence-corrected chi connectivity index (χ2v) is 10.1. The lowest BCUT2D eigenvalue weighted by molar-refractivity contribution is -0.118. The van der Waals surface area contributed by atoms with E-state index in [-0.39, 0.29) is 11.7 Å². The van der Waals surface area contributed by atoms with Crippen molar-refractivity contribution in [1.29, 1.82) is 0 Å². The second-order valence-electron chi connectivity index (χ2n) is 6.24. The van der Waals surface area contributed by atoms with Gasteiger partial charge >= 0.3 is 0 Å². The maximum atomic E-state index is 12.2. The minimum absolute atomic E-state index is 0.151. The minimum atomic E-state index is -0.275. The number of benzene rings is 2. The summed E-state index contributed by atoms with van der Waals surface area (Å²) >= 11 is 10.5. The third-order valence-electron chi connectivity index (χ3n) is 4.16. The van der Waals surface area contributed by atoms with E-state index in [4.69, 9.17) is 25.8 Å². The van der Waals surface area contributed by atoms with E-state index in [1.165, 1.54) is 43.5 Å². The molecule has 2 aromatic carbocycles. The van der Waals surface area contributed by atoms with Crippen molar-refractivity contribution in [2.75, 3.05) is 27.1 Å². The van der Waals surface area contributed by atoms with Gasteiger partial charge in [-0.25, -0.2) is 5.43 Å². The molecule has 8 nitrogen and oxygen atoms in total. The Bertz CT molecular complexity index is 1100. The summed E-state index contributed by atoms with van der Waals surface area (Å²) in [6.45, 7) is 0. The van der Waals surface area contributed by atoms with Crippen molar-refractivity contribution in [3.05, 3.63) is 52.5 Å². The minimum Gasteiger partial charge on any atom is -0.496 e. The number of hydrogen-bond donors (Lipinski definition) is 1. The van der Waals surface area contributed by atoms with Gasteiger partial charge in [0.25, 0.3) is 5.91 Å². The fraction of sp³-hybridized carbons (Fsp3) is 0.238. The zero-order valence-corrected chi connectivity index (χ0v) is 21.2. The number of aromatic nitrogens is 2. The summed E-state index contributed by atoms with van der Waals surface area (Å²) in [4.78, 5) is 12.2. The third kappa shape index (κ3) is 7.26. The number of amides is 1. The molecular formula is C21H21ClN4O4S3. The van der Waals surface area contributed by atoms with Crippen molar-refractivity contribution in [1.82, 2.24) is 15.6 Å². The Morgan fingerprint density at radius 1 is 1.09 bits per heavy atom. The lowest BCUT2D eigenvalue weighted by Gasteiger charge is -2.12. The molecule has 0 unspecified atom stereocenters. The monoisotopic (exact) mass is 524 g/mol. The number of hydrazone groups is 1. The van der Waals surface area contributed by atoms with Gasteiger partial charge in [-0.3, -0.25) is 4.79 Å². The number of ether oxygens (including phenoxy) is 3. The Labute approximate surface area is 209 Å². The second kappa shape index (κ2) is 12.7. The number of carbonyl (C=O) groups is 1. The highest BCUT2D eigenvalue weighted by atomic mass is 35.5. The van der Waals surface area contributed by atoms with Crippen molar-refractivity contribution in [2.45, 2.75) is 14.4 Å². The molecule has 0 fully saturated rings. The molecule has 1 amide bonds. The number of nitrogens with one attached hydrogen (secondary N) is 1. The molecule has 0 spiro atoms. The SMILES string of the molecule is COc1cc(OC)c(C=NNC(=O)CSc2nnc(SCc3ccccc3Cl)s2)c(OC)c1. The molecule has 1 N–H and O–H groups in total. The van der Waals surface area contributed by atoms with Gasteiger partial charge in [0.05, 0.1) is 38.9 Å². The van der Waals surface area contributed by atoms with Crippen molar-refractivity contribution in [3.63, 3.8) is 0 Å². The van der Waals surface area contributed by atoms with Crippen molar-refractivity contribution in [3.8, 4) is 17.2 Å². The molecular weight excluding hydrogens is 504 g/mol. The topological polar surface area (TPSA) is 94.9 Å². The highest BCUT2D eigenvalue weighted by Gasteiger charge is 2.12. The van der Waals surface area contributed by atoms with Gasteiger partial charge in [-0.2, -0.15) is 5.10 Å². The highest BCUT2D eigenvalue weighted by molar-refractivity contribution is 8.03. The van der Waals surface area contributed by atoms with Crippen LogP contribution in [0, 0.1) is 0 Å². The van der Waals surface area contributed by atoms with Crippen molar-refractivity contribution >= 4 is 58.6 Å². The predicted molar refractivity (Wildman–Crippen MR) is 133 cm³/mol. The molecule has 174 valence electrons. The van der Waals surface area contributed by atoms with Gasteiger partial charge in [0.2, 0.25) is 0 Å². The molecule has 0 saturated carbocycles. The van der Waals surface area contributed by atoms with Gasteiger partial charge in [-0.05, 0) is 11.6 Å². The first-order valence-corrected chi connectivity index (χ1v) is 12.6. The number of methoxy groups -OCH3 is 3. The molecule has 0 aliphatic rings. The Kier molecular flexibility index (Phi) is 9.67. The molecule has 0 radical (unpaired) electrons. The van der Waals surface area contributed by atoms with Crippen LogP contribution in [0.1, 0.15) is 11.1 Å². The van der Waals surface area contributed by atoms with E-state index in [1.807, 2.05) is 24.3 Å². The van der Waals surface area contributed by atoms with Gasteiger partial charge in [-0.15, -0.1) is 10.2 Å². The van der Waals surface area contributed by atoms with E-state index in [9.17, 15) is 4.79 Å². The summed E-state index contributed by atoms with van der Waals surface area (Å²) in [5.74, 6) is 2.18. The van der Waals surface area contributed by atoms with Crippen LogP contribution in [0.25, 0.3) is 0 Å². The molecule has 0 bridgehead atoms. The number of thioether (sulfide) groups is 2. The van der Waals surface area contributed by atoms with Gasteiger partial charge in [-0.1, -0.05) is 64.7 Å². The molecule has 33 heavy (non-hydrogen) atoms. The molecule has 12 heteroatoms. The molecule has 3 aromatic rings. The standard InChI is InChI=1S/C21H21ClN4O4S3/c1-28-14-8-17(29-2)15(18(9-14)30-3)10-23-24-19(27)12-32-21-26-25-20(33-21)31-11-13-6-4-5-7-16(13)22/h4-10H,11-12H2,1-3H3,(H,24,27). The maximum Gasteiger partial charge on any atom is 0.250 e. The van der Waals surface area contributed by atoms with E-state index >= 15 is 0 Å². The van der Waals surface area contributed by atoms with Crippen LogP contribution in [0.2, 0.25) is 5.02 Å². The van der Waals surface area contributed by atoms with Crippen LogP contribution in [0.3, 0.4) is 0 Å². The highest BCUT2D eigenvalue weighted by Crippen LogP contribution is 2.33. The van der Waals surface area contributed by atoms with Gasteiger partial charge in [0.15, 0.2) is 8.68 Å². The van der Waals surface area contributed by atoms with E-state index < -0.39 is 0 Å². The van der Waals surface area contributed by atoms with E-state index in [1.54, 1.807) is 31.0 Å². The largest absolute Gasteiger partial charge is 0.496 e. The number of hydrogen-bond acceptors (Lipinski definition) is 10. The van der Waals surface area contributed by atoms with E-state index in [0.717, 1.165) is 14.9 Å². The van der Waals surface area contributed by atoms with Gasteiger partial charge in [0, 0.05) is 22.9 Å². The Morgan fingerprint density at radius 2 is 1.76 bits per heavy atom. The maximum absolute atomic E-state index is 12.2. The summed E-state index contributed by atoms with van der Waals surface area (Å²) in [5, 5.41) is 13.0. The fourth-order valence-corrected chi connectivity index (χ4v) is 5.66. The molecule has 1 heterocycles. The number of nitrogens with zero attached hydrogens (tertiary/aromatic N) is 3. The molecule has 1 aromatic heterocycles. The smallest absolute Gasteiger partial charge is 0.250 e. The lowest BCUT2D eigenvalue weighted by Crippen LogP contribution is -2.19. The fourth-order valence-electron chi connectivity index (χ4n) is 2.56. The summed E-state index contributed by atoms with van der Waals surface area (Å²) in [6.07, 6.45) is 1.47. The first kappa shape index (κ1) is 25.2. The summed E-state index contributed by atoms with van der Waals surface area (Å²) in [5.41, 5.74) is 4.12. The van der Waals surface area contributed by atoms with Crippen LogP contribution in [0.5, 0.6) is 17.2 Å². The Morgan fingerprint density at radius 3 is 2.39 bits per heavy atom. The summed E-state index contributed by atoms with van der Waals surface area (Å²) in [7, 11) is 4.62. The van der Waals surface area contributed by atoms with Gasteiger partial charge in [0.1, 0.15) is 17.2 Å². The Balaban J connectivity index is 1.50. The average Bonchev–Trinajstić information content (AvgIpc) is 3.30. The summed E-state index contributed by atoms with van der Waals surface area (Å²) < 4.78 is 17.5. The number of rotatable bonds is 11. The zero-order chi connectivity index (χ0) is 23.6. The first-order chi connectivity index (χ1) is 16.0. The molecule has 0 aliphatic heterocycles. The zero-order valence-electron chi connectivity index (χ0n) is 18.0. The third-order valence-corrected chi connectivity index (χ3v) is 7.77. The van der Waals surface area contributed by atoms with Crippen LogP contribution in [-0.4, -0.2) is 49.4 Å². The molecule has 0 atom stereocenters. The molecule has 0 saturated heterocycles. The van der Waals surface area contributed by atoms with Crippen molar-refractivity contribution < 1.29 is 19.0 Å². The van der Waals surface area contributed by atoms with Gasteiger partial charge < -0.3 is 14.2 Å². The van der Waals surface area contributed by atoms with E-state index in [2.05, 4.69) is 20.7 Å². The lowest BCUT2D eigenvalue weighted by atomic mass is 10.2. The average molecular weight is 525 g/mol. The number of carbonyl (C=O) groups excluding carboxylic acids is 1. The molecule has 0 aliphatic carbocycles. The Hall–Kier alpha value is -2.47. The van der Waals surface area contributed by atoms with Crippen LogP contribution in [0.4, 0.5) is 0 Å². The van der Waals surface area contributed by atoms with Crippen LogP contribution in [-0.2, 0) is 10.5 Å². The van der Waals surface area contributed by atoms with Crippen LogP contribution in [0.15, 0.2) is 50.2 Å². The van der Waals surface area contributed by atoms with Crippen LogP contribution >= 0.6 is 46.5 Å². The first-order valence-electron chi connectivity index (χ1n) is 9.48. The van der Waals surface area contributed by atoms with Crippen molar-refractivity contribution in [2.24, 2.45) is 5.10 Å². The number of halogens is 1. The molecule has 3 rings (SSSR count). The quantitative estimate of drug-likeness (QED) is 0.218. The summed E-state index contributed by atoms with van der Waals surface area (Å²) in [6, 6.07) is 11.1. The predicted octanol–water partition coefficient (Wildman–Crippen LogP) is 4.75. The normalized spacial score (nSPS) is 10.9. The van der Waals surface area contributed by atoms with E-state index in [0.29, 0.717) is 32.9 Å². The van der Waals surface area contributed by atoms with Crippen LogP contribution < -0.4 is 19.6 Å².